The SMILES string of the molecule is CC1CCCN(c2ccc(CNC(=O)C3CCN(C)CC3)cc2)C1. The van der Waals surface area contributed by atoms with Crippen molar-refractivity contribution in [3.8, 4) is 0 Å². The summed E-state index contributed by atoms with van der Waals surface area (Å²) in [4.78, 5) is 17.1. The number of carbonyl (C=O) groups excluding carboxylic acids is 1. The van der Waals surface area contributed by atoms with E-state index >= 15 is 0 Å². The molecule has 4 nitrogen and oxygen atoms in total. The summed E-state index contributed by atoms with van der Waals surface area (Å²) in [5, 5.41) is 3.12. The molecule has 0 aliphatic carbocycles. The van der Waals surface area contributed by atoms with Crippen molar-refractivity contribution in [1.82, 2.24) is 10.2 Å². The summed E-state index contributed by atoms with van der Waals surface area (Å²) in [7, 11) is 2.12. The summed E-state index contributed by atoms with van der Waals surface area (Å²) >= 11 is 0. The van der Waals surface area contributed by atoms with Gasteiger partial charge in [-0.25, -0.2) is 0 Å². The number of carbonyl (C=O) groups is 1. The number of piperidine rings is 2. The van der Waals surface area contributed by atoms with E-state index in [1.54, 1.807) is 0 Å². The van der Waals surface area contributed by atoms with Crippen LogP contribution in [0, 0.1) is 11.8 Å². The van der Waals surface area contributed by atoms with Crippen molar-refractivity contribution >= 4 is 11.6 Å². The van der Waals surface area contributed by atoms with Gasteiger partial charge in [-0.1, -0.05) is 19.1 Å². The molecule has 0 saturated carbocycles. The average Bonchev–Trinajstić information content (AvgIpc) is 2.61. The summed E-state index contributed by atoms with van der Waals surface area (Å²) in [6, 6.07) is 8.72. The molecule has 0 aromatic heterocycles. The number of benzene rings is 1. The molecule has 1 amide bonds. The predicted octanol–water partition coefficient (Wildman–Crippen LogP) is 2.88. The molecule has 2 fully saturated rings. The standard InChI is InChI=1S/C20H31N3O/c1-16-4-3-11-23(15-16)19-7-5-17(6-8-19)14-21-20(24)18-9-12-22(2)13-10-18/h5-8,16,18H,3-4,9-15H2,1-2H3,(H,21,24). The van der Waals surface area contributed by atoms with Crippen LogP contribution in [0.1, 0.15) is 38.2 Å². The second-order valence-electron chi connectivity index (χ2n) is 7.66. The largest absolute Gasteiger partial charge is 0.371 e. The molecular formula is C20H31N3O. The molecule has 2 saturated heterocycles. The normalized spacial score (nSPS) is 23.2. The minimum Gasteiger partial charge on any atom is -0.371 e. The van der Waals surface area contributed by atoms with Crippen molar-refractivity contribution in [3.63, 3.8) is 0 Å². The van der Waals surface area contributed by atoms with Gasteiger partial charge in [-0.15, -0.1) is 0 Å². The lowest BCUT2D eigenvalue weighted by Crippen LogP contribution is -2.38. The van der Waals surface area contributed by atoms with E-state index < -0.39 is 0 Å². The molecule has 1 unspecified atom stereocenters. The first-order valence-corrected chi connectivity index (χ1v) is 9.42. The Morgan fingerprint density at radius 3 is 2.50 bits per heavy atom. The van der Waals surface area contributed by atoms with Gasteiger partial charge in [0, 0.05) is 31.2 Å². The Hall–Kier alpha value is -1.55. The molecule has 2 aliphatic rings. The number of hydrogen-bond donors (Lipinski definition) is 1. The number of likely N-dealkylation sites (tertiary alicyclic amines) is 1. The fourth-order valence-electron chi connectivity index (χ4n) is 3.85. The van der Waals surface area contributed by atoms with Crippen LogP contribution in [-0.2, 0) is 11.3 Å². The first kappa shape index (κ1) is 17.3. The van der Waals surface area contributed by atoms with Gasteiger partial charge >= 0.3 is 0 Å². The van der Waals surface area contributed by atoms with Crippen molar-refractivity contribution in [2.24, 2.45) is 11.8 Å². The molecule has 0 spiro atoms. The summed E-state index contributed by atoms with van der Waals surface area (Å²) < 4.78 is 0. The van der Waals surface area contributed by atoms with E-state index in [0.29, 0.717) is 6.54 Å². The molecule has 1 aromatic carbocycles. The third-order valence-corrected chi connectivity index (χ3v) is 5.51. The van der Waals surface area contributed by atoms with Crippen LogP contribution in [0.5, 0.6) is 0 Å². The summed E-state index contributed by atoms with van der Waals surface area (Å²) in [6.07, 6.45) is 4.59. The van der Waals surface area contributed by atoms with Gasteiger partial charge in [0.25, 0.3) is 0 Å². The highest BCUT2D eigenvalue weighted by atomic mass is 16.1. The van der Waals surface area contributed by atoms with Crippen LogP contribution in [0.15, 0.2) is 24.3 Å². The highest BCUT2D eigenvalue weighted by Crippen LogP contribution is 2.23. The lowest BCUT2D eigenvalue weighted by atomic mass is 9.96. The van der Waals surface area contributed by atoms with Crippen molar-refractivity contribution < 1.29 is 4.79 Å². The Morgan fingerprint density at radius 2 is 1.83 bits per heavy atom. The number of nitrogens with zero attached hydrogens (tertiary/aromatic N) is 2. The highest BCUT2D eigenvalue weighted by molar-refractivity contribution is 5.78. The Balaban J connectivity index is 1.48. The van der Waals surface area contributed by atoms with E-state index in [1.807, 2.05) is 0 Å². The maximum absolute atomic E-state index is 12.3. The van der Waals surface area contributed by atoms with Gasteiger partial charge < -0.3 is 15.1 Å². The molecule has 2 aliphatic heterocycles. The van der Waals surface area contributed by atoms with Gasteiger partial charge in [-0.2, -0.15) is 0 Å². The van der Waals surface area contributed by atoms with Gasteiger partial charge in [0.15, 0.2) is 0 Å². The zero-order chi connectivity index (χ0) is 16.9. The fourth-order valence-corrected chi connectivity index (χ4v) is 3.85. The van der Waals surface area contributed by atoms with Crippen LogP contribution in [0.2, 0.25) is 0 Å². The van der Waals surface area contributed by atoms with Gasteiger partial charge in [0.1, 0.15) is 0 Å². The van der Waals surface area contributed by atoms with Crippen LogP contribution in [0.25, 0.3) is 0 Å². The van der Waals surface area contributed by atoms with Crippen LogP contribution < -0.4 is 10.2 Å². The van der Waals surface area contributed by atoms with Gasteiger partial charge in [0.05, 0.1) is 0 Å². The smallest absolute Gasteiger partial charge is 0.223 e. The fraction of sp³-hybridized carbons (Fsp3) is 0.650. The topological polar surface area (TPSA) is 35.6 Å². The van der Waals surface area contributed by atoms with Crippen molar-refractivity contribution in [2.45, 2.75) is 39.2 Å². The van der Waals surface area contributed by atoms with Crippen molar-refractivity contribution in [1.29, 1.82) is 0 Å². The van der Waals surface area contributed by atoms with Gasteiger partial charge in [-0.3, -0.25) is 4.79 Å². The molecule has 132 valence electrons. The molecule has 24 heavy (non-hydrogen) atoms. The summed E-state index contributed by atoms with van der Waals surface area (Å²) in [5.74, 6) is 1.19. The molecule has 0 bridgehead atoms. The lowest BCUT2D eigenvalue weighted by Gasteiger charge is -2.32. The Labute approximate surface area is 146 Å². The maximum atomic E-state index is 12.3. The molecular weight excluding hydrogens is 298 g/mol. The minimum atomic E-state index is 0.190. The Bertz CT molecular complexity index is 534. The van der Waals surface area contributed by atoms with Crippen LogP contribution in [-0.4, -0.2) is 44.0 Å². The molecule has 0 radical (unpaired) electrons. The highest BCUT2D eigenvalue weighted by Gasteiger charge is 2.23. The predicted molar refractivity (Wildman–Crippen MR) is 99.1 cm³/mol. The maximum Gasteiger partial charge on any atom is 0.223 e. The number of amides is 1. The van der Waals surface area contributed by atoms with Crippen molar-refractivity contribution in [2.75, 3.05) is 38.1 Å². The number of hydrogen-bond acceptors (Lipinski definition) is 3. The molecule has 1 aromatic rings. The van der Waals surface area contributed by atoms with Gasteiger partial charge in [-0.05, 0) is 69.4 Å². The van der Waals surface area contributed by atoms with E-state index in [2.05, 4.69) is 53.4 Å². The molecule has 1 atom stereocenters. The number of nitrogens with one attached hydrogen (secondary N) is 1. The third-order valence-electron chi connectivity index (χ3n) is 5.51. The molecule has 1 N–H and O–H groups in total. The van der Waals surface area contributed by atoms with E-state index in [1.165, 1.54) is 24.1 Å². The quantitative estimate of drug-likeness (QED) is 0.922. The average molecular weight is 329 g/mol. The zero-order valence-electron chi connectivity index (χ0n) is 15.1. The zero-order valence-corrected chi connectivity index (χ0v) is 15.1. The third kappa shape index (κ3) is 4.50. The Kier molecular flexibility index (Phi) is 5.77. The minimum absolute atomic E-state index is 0.190. The van der Waals surface area contributed by atoms with Crippen LogP contribution in [0.3, 0.4) is 0 Å². The second kappa shape index (κ2) is 8.02. The number of anilines is 1. The van der Waals surface area contributed by atoms with E-state index in [0.717, 1.165) is 44.9 Å². The van der Waals surface area contributed by atoms with E-state index in [4.69, 9.17) is 0 Å². The van der Waals surface area contributed by atoms with Gasteiger partial charge in [0.2, 0.25) is 5.91 Å². The van der Waals surface area contributed by atoms with E-state index in [-0.39, 0.29) is 11.8 Å². The van der Waals surface area contributed by atoms with Crippen molar-refractivity contribution in [3.05, 3.63) is 29.8 Å². The first-order valence-electron chi connectivity index (χ1n) is 9.42. The molecule has 3 rings (SSSR count). The first-order chi connectivity index (χ1) is 11.6. The monoisotopic (exact) mass is 329 g/mol. The van der Waals surface area contributed by atoms with Crippen LogP contribution >= 0.6 is 0 Å². The van der Waals surface area contributed by atoms with Crippen LogP contribution in [0.4, 0.5) is 5.69 Å². The molecule has 4 heteroatoms. The Morgan fingerprint density at radius 1 is 1.12 bits per heavy atom. The number of rotatable bonds is 4. The summed E-state index contributed by atoms with van der Waals surface area (Å²) in [5.41, 5.74) is 2.50. The van der Waals surface area contributed by atoms with E-state index in [9.17, 15) is 4.79 Å². The molecule has 2 heterocycles. The lowest BCUT2D eigenvalue weighted by molar-refractivity contribution is -0.126. The summed E-state index contributed by atoms with van der Waals surface area (Å²) in [6.45, 7) is 7.35. The second-order valence-corrected chi connectivity index (χ2v) is 7.66.